The summed E-state index contributed by atoms with van der Waals surface area (Å²) < 4.78 is 7.48. The third-order valence-electron chi connectivity index (χ3n) is 4.30. The molecule has 2 aromatic rings. The highest BCUT2D eigenvalue weighted by atomic mass is 35.5. The van der Waals surface area contributed by atoms with Crippen molar-refractivity contribution >= 4 is 28.5 Å². The molecule has 0 spiro atoms. The van der Waals surface area contributed by atoms with Crippen molar-refractivity contribution < 1.29 is 9.53 Å². The highest BCUT2D eigenvalue weighted by Crippen LogP contribution is 2.24. The van der Waals surface area contributed by atoms with Crippen molar-refractivity contribution in [2.24, 2.45) is 13.0 Å². The fourth-order valence-corrected chi connectivity index (χ4v) is 3.29. The van der Waals surface area contributed by atoms with E-state index in [1.165, 1.54) is 0 Å². The van der Waals surface area contributed by atoms with E-state index < -0.39 is 0 Å². The summed E-state index contributed by atoms with van der Waals surface area (Å²) in [5.74, 6) is 0.748. The first kappa shape index (κ1) is 15.3. The Morgan fingerprint density at radius 1 is 1.55 bits per heavy atom. The first-order chi connectivity index (χ1) is 10.6. The van der Waals surface area contributed by atoms with Crippen LogP contribution in [0.15, 0.2) is 18.2 Å². The number of nitrogens with zero attached hydrogens (tertiary/aromatic N) is 2. The summed E-state index contributed by atoms with van der Waals surface area (Å²) >= 11 is 6.21. The van der Waals surface area contributed by atoms with Crippen LogP contribution in [0.1, 0.15) is 25.6 Å². The van der Waals surface area contributed by atoms with Gasteiger partial charge >= 0.3 is 0 Å². The van der Waals surface area contributed by atoms with Gasteiger partial charge in [-0.05, 0) is 31.9 Å². The van der Waals surface area contributed by atoms with E-state index in [1.54, 1.807) is 0 Å². The molecule has 1 aliphatic heterocycles. The number of carbonyl (C=O) groups excluding carboxylic acids is 1. The standard InChI is InChI=1S/C16H20ClN3O2/c1-10-11(5-4-8-22-10)16(21)18-9-14-19-13-7-3-6-12(17)15(13)20(14)2/h3,6-7,10-11H,4-5,8-9H2,1-2H3,(H,18,21). The Bertz CT molecular complexity index is 698. The van der Waals surface area contributed by atoms with Crippen molar-refractivity contribution in [2.45, 2.75) is 32.4 Å². The van der Waals surface area contributed by atoms with E-state index in [0.717, 1.165) is 36.3 Å². The van der Waals surface area contributed by atoms with E-state index >= 15 is 0 Å². The fourth-order valence-electron chi connectivity index (χ4n) is 2.99. The Hall–Kier alpha value is -1.59. The summed E-state index contributed by atoms with van der Waals surface area (Å²) in [6.45, 7) is 3.09. The molecule has 2 atom stereocenters. The second-order valence-electron chi connectivity index (χ2n) is 5.74. The Morgan fingerprint density at radius 2 is 2.36 bits per heavy atom. The number of carbonyl (C=O) groups is 1. The number of aryl methyl sites for hydroxylation is 1. The largest absolute Gasteiger partial charge is 0.378 e. The molecular formula is C16H20ClN3O2. The molecule has 22 heavy (non-hydrogen) atoms. The molecule has 0 aliphatic carbocycles. The predicted octanol–water partition coefficient (Wildman–Crippen LogP) is 2.66. The number of fused-ring (bicyclic) bond motifs is 1. The van der Waals surface area contributed by atoms with Gasteiger partial charge in [-0.3, -0.25) is 4.79 Å². The van der Waals surface area contributed by atoms with Crippen molar-refractivity contribution in [3.63, 3.8) is 0 Å². The number of hydrogen-bond acceptors (Lipinski definition) is 3. The molecule has 1 saturated heterocycles. The van der Waals surface area contributed by atoms with Crippen LogP contribution in [0.3, 0.4) is 0 Å². The SMILES string of the molecule is CC1OCCCC1C(=O)NCc1nc2cccc(Cl)c2n1C. The van der Waals surface area contributed by atoms with Gasteiger partial charge in [0.1, 0.15) is 5.82 Å². The number of rotatable bonds is 3. The average Bonchev–Trinajstić information content (AvgIpc) is 2.83. The molecule has 2 heterocycles. The zero-order valence-electron chi connectivity index (χ0n) is 12.8. The molecule has 0 bridgehead atoms. The van der Waals surface area contributed by atoms with E-state index in [4.69, 9.17) is 16.3 Å². The maximum absolute atomic E-state index is 12.3. The monoisotopic (exact) mass is 321 g/mol. The van der Waals surface area contributed by atoms with Crippen LogP contribution in [0.4, 0.5) is 0 Å². The lowest BCUT2D eigenvalue weighted by Crippen LogP contribution is -2.40. The van der Waals surface area contributed by atoms with Gasteiger partial charge in [0.15, 0.2) is 0 Å². The van der Waals surface area contributed by atoms with Crippen molar-refractivity contribution in [3.8, 4) is 0 Å². The molecule has 1 aromatic heterocycles. The lowest BCUT2D eigenvalue weighted by molar-refractivity contribution is -0.133. The Labute approximate surface area is 134 Å². The van der Waals surface area contributed by atoms with Gasteiger partial charge < -0.3 is 14.6 Å². The molecule has 6 heteroatoms. The molecule has 118 valence electrons. The van der Waals surface area contributed by atoms with Gasteiger partial charge in [-0.25, -0.2) is 4.98 Å². The minimum absolute atomic E-state index is 0.0244. The van der Waals surface area contributed by atoms with E-state index in [1.807, 2.05) is 36.7 Å². The van der Waals surface area contributed by atoms with E-state index in [2.05, 4.69) is 10.3 Å². The summed E-state index contributed by atoms with van der Waals surface area (Å²) in [7, 11) is 1.91. The van der Waals surface area contributed by atoms with Gasteiger partial charge in [0.25, 0.3) is 0 Å². The number of halogens is 1. The molecule has 2 unspecified atom stereocenters. The molecular weight excluding hydrogens is 302 g/mol. The quantitative estimate of drug-likeness (QED) is 0.945. The van der Waals surface area contributed by atoms with E-state index in [0.29, 0.717) is 11.6 Å². The number of amides is 1. The van der Waals surface area contributed by atoms with Crippen LogP contribution in [0.25, 0.3) is 11.0 Å². The summed E-state index contributed by atoms with van der Waals surface area (Å²) in [4.78, 5) is 16.9. The van der Waals surface area contributed by atoms with Crippen molar-refractivity contribution in [1.29, 1.82) is 0 Å². The lowest BCUT2D eigenvalue weighted by atomic mass is 9.94. The number of para-hydroxylation sites is 1. The number of benzene rings is 1. The van der Waals surface area contributed by atoms with Crippen LogP contribution in [-0.2, 0) is 23.1 Å². The predicted molar refractivity (Wildman–Crippen MR) is 85.7 cm³/mol. The maximum atomic E-state index is 12.3. The number of nitrogens with one attached hydrogen (secondary N) is 1. The van der Waals surface area contributed by atoms with Crippen molar-refractivity contribution in [2.75, 3.05) is 6.61 Å². The third-order valence-corrected chi connectivity index (χ3v) is 4.61. The van der Waals surface area contributed by atoms with Crippen LogP contribution >= 0.6 is 11.6 Å². The van der Waals surface area contributed by atoms with Crippen LogP contribution in [0, 0.1) is 5.92 Å². The van der Waals surface area contributed by atoms with Crippen molar-refractivity contribution in [1.82, 2.24) is 14.9 Å². The minimum atomic E-state index is -0.0768. The molecule has 3 rings (SSSR count). The summed E-state index contributed by atoms with van der Waals surface area (Å²) in [6.07, 6.45) is 1.79. The van der Waals surface area contributed by atoms with Gasteiger partial charge in [0, 0.05) is 13.7 Å². The summed E-state index contributed by atoms with van der Waals surface area (Å²) in [5.41, 5.74) is 1.73. The highest BCUT2D eigenvalue weighted by molar-refractivity contribution is 6.35. The molecule has 0 saturated carbocycles. The Morgan fingerprint density at radius 3 is 3.09 bits per heavy atom. The van der Waals surface area contributed by atoms with Crippen molar-refractivity contribution in [3.05, 3.63) is 29.0 Å². The fraction of sp³-hybridized carbons (Fsp3) is 0.500. The first-order valence-electron chi connectivity index (χ1n) is 7.57. The molecule has 1 fully saturated rings. The topological polar surface area (TPSA) is 56.1 Å². The van der Waals surface area contributed by atoms with Crippen LogP contribution in [-0.4, -0.2) is 28.2 Å². The summed E-state index contributed by atoms with van der Waals surface area (Å²) in [5, 5.41) is 3.64. The average molecular weight is 322 g/mol. The third kappa shape index (κ3) is 2.83. The Balaban J connectivity index is 1.72. The van der Waals surface area contributed by atoms with Gasteiger partial charge in [0.05, 0.1) is 34.6 Å². The van der Waals surface area contributed by atoms with E-state index in [-0.39, 0.29) is 17.9 Å². The molecule has 1 amide bonds. The second kappa shape index (κ2) is 6.26. The van der Waals surface area contributed by atoms with E-state index in [9.17, 15) is 4.79 Å². The zero-order chi connectivity index (χ0) is 15.7. The highest BCUT2D eigenvalue weighted by Gasteiger charge is 2.28. The molecule has 1 aromatic carbocycles. The second-order valence-corrected chi connectivity index (χ2v) is 6.14. The normalized spacial score (nSPS) is 22.0. The summed E-state index contributed by atoms with van der Waals surface area (Å²) in [6, 6.07) is 5.64. The lowest BCUT2D eigenvalue weighted by Gasteiger charge is -2.27. The number of ether oxygens (including phenoxy) is 1. The first-order valence-corrected chi connectivity index (χ1v) is 7.95. The van der Waals surface area contributed by atoms with Crippen LogP contribution in [0.5, 0.6) is 0 Å². The number of imidazole rings is 1. The number of aromatic nitrogens is 2. The molecule has 1 N–H and O–H groups in total. The van der Waals surface area contributed by atoms with Gasteiger partial charge in [-0.2, -0.15) is 0 Å². The molecule has 5 nitrogen and oxygen atoms in total. The van der Waals surface area contributed by atoms with Gasteiger partial charge in [0.2, 0.25) is 5.91 Å². The minimum Gasteiger partial charge on any atom is -0.378 e. The van der Waals surface area contributed by atoms with Crippen LogP contribution < -0.4 is 5.32 Å². The molecule has 1 aliphatic rings. The van der Waals surface area contributed by atoms with Gasteiger partial charge in [-0.15, -0.1) is 0 Å². The van der Waals surface area contributed by atoms with Gasteiger partial charge in [-0.1, -0.05) is 17.7 Å². The number of hydrogen-bond donors (Lipinski definition) is 1. The van der Waals surface area contributed by atoms with Crippen LogP contribution in [0.2, 0.25) is 5.02 Å². The smallest absolute Gasteiger partial charge is 0.226 e. The maximum Gasteiger partial charge on any atom is 0.226 e. The molecule has 0 radical (unpaired) electrons. The Kier molecular flexibility index (Phi) is 4.36. The zero-order valence-corrected chi connectivity index (χ0v) is 13.6.